The van der Waals surface area contributed by atoms with E-state index in [0.717, 1.165) is 17.1 Å². The van der Waals surface area contributed by atoms with Crippen molar-refractivity contribution in [3.63, 3.8) is 0 Å². The van der Waals surface area contributed by atoms with Crippen molar-refractivity contribution in [2.75, 3.05) is 0 Å². The first kappa shape index (κ1) is 23.0. The lowest BCUT2D eigenvalue weighted by Gasteiger charge is -2.37. The van der Waals surface area contributed by atoms with Crippen LogP contribution in [0.3, 0.4) is 0 Å². The van der Waals surface area contributed by atoms with Crippen molar-refractivity contribution < 1.29 is 29.6 Å². The maximum absolute atomic E-state index is 12.0. The van der Waals surface area contributed by atoms with E-state index in [1.165, 1.54) is 4.57 Å². The summed E-state index contributed by atoms with van der Waals surface area (Å²) in [5.41, 5.74) is 1.66. The summed E-state index contributed by atoms with van der Waals surface area (Å²) >= 11 is 0. The Morgan fingerprint density at radius 1 is 1.06 bits per heavy atom. The predicted octanol–water partition coefficient (Wildman–Crippen LogP) is 3.29. The van der Waals surface area contributed by atoms with Crippen LogP contribution in [-0.2, 0) is 22.4 Å². The van der Waals surface area contributed by atoms with Gasteiger partial charge in [-0.25, -0.2) is 9.78 Å². The fourth-order valence-electron chi connectivity index (χ4n) is 4.09. The number of aliphatic hydroxyl groups is 2. The molecule has 2 aromatic carbocycles. The molecule has 8 nitrogen and oxygen atoms in total. The molecule has 0 saturated carbocycles. The fraction of sp³-hybridized carbons (Fsp3) is 0.360. The molecule has 33 heavy (non-hydrogen) atoms. The molecule has 8 heteroatoms. The van der Waals surface area contributed by atoms with Gasteiger partial charge in [-0.15, -0.1) is 0 Å². The zero-order chi connectivity index (χ0) is 23.5. The molecule has 1 aliphatic heterocycles. The number of aromatic nitrogens is 2. The van der Waals surface area contributed by atoms with Crippen LogP contribution >= 0.6 is 0 Å². The largest absolute Gasteiger partial charge is 0.480 e. The lowest BCUT2D eigenvalue weighted by molar-refractivity contribution is -0.170. The Morgan fingerprint density at radius 3 is 2.48 bits per heavy atom. The van der Waals surface area contributed by atoms with Gasteiger partial charge in [0.15, 0.2) is 6.04 Å². The summed E-state index contributed by atoms with van der Waals surface area (Å²) < 4.78 is 13.0. The SMILES string of the molecule is CC(C)O[C@H]1[C@H](O)[C@@H](O)c2nc(CCc3cccc(Oc4ccccc4)c3)cn2[C@@H]1C(=O)O. The van der Waals surface area contributed by atoms with Gasteiger partial charge in [-0.05, 0) is 56.5 Å². The third kappa shape index (κ3) is 5.08. The molecule has 0 spiro atoms. The number of aliphatic carboxylic acids is 1. The van der Waals surface area contributed by atoms with Gasteiger partial charge in [0, 0.05) is 6.20 Å². The zero-order valence-corrected chi connectivity index (χ0v) is 18.5. The molecule has 174 valence electrons. The molecule has 0 fully saturated rings. The maximum Gasteiger partial charge on any atom is 0.329 e. The average Bonchev–Trinajstić information content (AvgIpc) is 3.20. The number of nitrogens with zero attached hydrogens (tertiary/aromatic N) is 2. The monoisotopic (exact) mass is 452 g/mol. The minimum Gasteiger partial charge on any atom is -0.480 e. The predicted molar refractivity (Wildman–Crippen MR) is 120 cm³/mol. The van der Waals surface area contributed by atoms with E-state index in [0.29, 0.717) is 18.5 Å². The zero-order valence-electron chi connectivity index (χ0n) is 18.5. The first-order chi connectivity index (χ1) is 15.8. The summed E-state index contributed by atoms with van der Waals surface area (Å²) in [4.78, 5) is 16.4. The van der Waals surface area contributed by atoms with Crippen LogP contribution in [0, 0.1) is 0 Å². The number of benzene rings is 2. The highest BCUT2D eigenvalue weighted by Crippen LogP contribution is 2.35. The minimum atomic E-state index is -1.39. The number of imidazole rings is 1. The number of carboxylic acids is 1. The third-order valence-corrected chi connectivity index (χ3v) is 5.58. The Labute approximate surface area is 192 Å². The van der Waals surface area contributed by atoms with E-state index >= 15 is 0 Å². The molecule has 0 amide bonds. The van der Waals surface area contributed by atoms with Crippen molar-refractivity contribution >= 4 is 5.97 Å². The van der Waals surface area contributed by atoms with Crippen LogP contribution in [0.4, 0.5) is 0 Å². The number of fused-ring (bicyclic) bond motifs is 1. The van der Waals surface area contributed by atoms with Crippen molar-refractivity contribution in [2.45, 2.75) is 57.1 Å². The van der Waals surface area contributed by atoms with Crippen molar-refractivity contribution in [1.29, 1.82) is 0 Å². The number of ether oxygens (including phenoxy) is 2. The summed E-state index contributed by atoms with van der Waals surface area (Å²) in [5.74, 6) is 0.458. The average molecular weight is 453 g/mol. The van der Waals surface area contributed by atoms with Crippen molar-refractivity contribution in [3.05, 3.63) is 77.9 Å². The van der Waals surface area contributed by atoms with Crippen LogP contribution in [0.1, 0.15) is 43.1 Å². The molecule has 1 aromatic heterocycles. The number of carbonyl (C=O) groups is 1. The van der Waals surface area contributed by atoms with Gasteiger partial charge in [-0.1, -0.05) is 30.3 Å². The molecule has 1 aliphatic rings. The molecule has 0 unspecified atom stereocenters. The number of para-hydroxylation sites is 1. The van der Waals surface area contributed by atoms with Crippen molar-refractivity contribution in [3.8, 4) is 11.5 Å². The van der Waals surface area contributed by atoms with Gasteiger partial charge in [0.05, 0.1) is 11.8 Å². The summed E-state index contributed by atoms with van der Waals surface area (Å²) in [5, 5.41) is 30.9. The van der Waals surface area contributed by atoms with E-state index in [9.17, 15) is 20.1 Å². The Hall–Kier alpha value is -3.20. The number of rotatable bonds is 8. The molecule has 0 radical (unpaired) electrons. The highest BCUT2D eigenvalue weighted by Gasteiger charge is 2.47. The Bertz CT molecular complexity index is 1100. The van der Waals surface area contributed by atoms with Gasteiger partial charge in [-0.2, -0.15) is 0 Å². The van der Waals surface area contributed by atoms with Gasteiger partial charge in [0.25, 0.3) is 0 Å². The van der Waals surface area contributed by atoms with Crippen LogP contribution in [0.2, 0.25) is 0 Å². The van der Waals surface area contributed by atoms with Gasteiger partial charge >= 0.3 is 5.97 Å². The molecule has 3 aromatic rings. The highest BCUT2D eigenvalue weighted by molar-refractivity contribution is 5.73. The number of carboxylic acid groups (broad SMARTS) is 1. The second-order valence-corrected chi connectivity index (χ2v) is 8.43. The Kier molecular flexibility index (Phi) is 6.78. The second-order valence-electron chi connectivity index (χ2n) is 8.43. The van der Waals surface area contributed by atoms with Crippen LogP contribution in [0.5, 0.6) is 11.5 Å². The van der Waals surface area contributed by atoms with E-state index in [2.05, 4.69) is 4.98 Å². The second kappa shape index (κ2) is 9.74. The Balaban J connectivity index is 1.51. The first-order valence-electron chi connectivity index (χ1n) is 11.0. The standard InChI is InChI=1S/C25H28N2O6/c1-15(2)32-23-20(25(30)31)27-14-17(26-24(27)22(29)21(23)28)12-11-16-7-6-10-19(13-16)33-18-8-4-3-5-9-18/h3-10,13-15,20-23,28-29H,11-12H2,1-2H3,(H,30,31)/t20-,21+,22+,23+/m0/s1. The summed E-state index contributed by atoms with van der Waals surface area (Å²) in [7, 11) is 0. The lowest BCUT2D eigenvalue weighted by atomic mass is 9.95. The first-order valence-corrected chi connectivity index (χ1v) is 11.0. The van der Waals surface area contributed by atoms with Crippen molar-refractivity contribution in [1.82, 2.24) is 9.55 Å². The third-order valence-electron chi connectivity index (χ3n) is 5.58. The molecule has 0 aliphatic carbocycles. The lowest BCUT2D eigenvalue weighted by Crippen LogP contribution is -2.50. The number of hydrogen-bond donors (Lipinski definition) is 3. The normalized spacial score (nSPS) is 22.2. The van der Waals surface area contributed by atoms with E-state index in [1.807, 2.05) is 54.6 Å². The maximum atomic E-state index is 12.0. The highest BCUT2D eigenvalue weighted by atomic mass is 16.5. The van der Waals surface area contributed by atoms with Crippen LogP contribution < -0.4 is 4.74 Å². The van der Waals surface area contributed by atoms with Crippen LogP contribution in [0.25, 0.3) is 0 Å². The minimum absolute atomic E-state index is 0.134. The van der Waals surface area contributed by atoms with Crippen LogP contribution in [0.15, 0.2) is 60.8 Å². The molecule has 0 saturated heterocycles. The molecule has 4 rings (SSSR count). The van der Waals surface area contributed by atoms with E-state index in [1.54, 1.807) is 20.0 Å². The quantitative estimate of drug-likeness (QED) is 0.481. The van der Waals surface area contributed by atoms with Crippen molar-refractivity contribution in [2.24, 2.45) is 0 Å². The fourth-order valence-corrected chi connectivity index (χ4v) is 4.09. The van der Waals surface area contributed by atoms with E-state index in [-0.39, 0.29) is 11.9 Å². The van der Waals surface area contributed by atoms with Gasteiger partial charge in [0.2, 0.25) is 0 Å². The molecular weight excluding hydrogens is 424 g/mol. The smallest absolute Gasteiger partial charge is 0.329 e. The van der Waals surface area contributed by atoms with Gasteiger partial charge in [0.1, 0.15) is 35.6 Å². The number of aryl methyl sites for hydroxylation is 2. The topological polar surface area (TPSA) is 114 Å². The molecule has 0 bridgehead atoms. The summed E-state index contributed by atoms with van der Waals surface area (Å²) in [6.45, 7) is 3.50. The summed E-state index contributed by atoms with van der Waals surface area (Å²) in [6, 6.07) is 16.1. The van der Waals surface area contributed by atoms with E-state index < -0.39 is 30.3 Å². The van der Waals surface area contributed by atoms with E-state index in [4.69, 9.17) is 9.47 Å². The number of hydrogen-bond acceptors (Lipinski definition) is 6. The Morgan fingerprint density at radius 2 is 1.79 bits per heavy atom. The molecule has 3 N–H and O–H groups in total. The number of aliphatic hydroxyl groups excluding tert-OH is 2. The van der Waals surface area contributed by atoms with Gasteiger partial charge in [-0.3, -0.25) is 0 Å². The summed E-state index contributed by atoms with van der Waals surface area (Å²) in [6.07, 6.45) is -1.31. The van der Waals surface area contributed by atoms with Crippen LogP contribution in [-0.4, -0.2) is 49.2 Å². The molecular formula is C25H28N2O6. The van der Waals surface area contributed by atoms with Gasteiger partial charge < -0.3 is 29.4 Å². The molecule has 4 atom stereocenters. The molecule has 2 heterocycles.